The summed E-state index contributed by atoms with van der Waals surface area (Å²) in [5.74, 6) is 1.02. The number of nitrogens with one attached hydrogen (secondary N) is 1. The Morgan fingerprint density at radius 3 is 2.35 bits per heavy atom. The number of hydrogen-bond acceptors (Lipinski definition) is 5. The first kappa shape index (κ1) is 23.1. The first-order valence-corrected chi connectivity index (χ1v) is 12.3. The number of rotatable bonds is 8. The van der Waals surface area contributed by atoms with Gasteiger partial charge in [-0.15, -0.1) is 11.8 Å². The molecule has 3 N–H and O–H groups in total. The number of halogens is 1. The molecule has 1 amide bonds. The SMILES string of the molecule is CCOc1ccc(C(=O)Nc2ccc(S(N)(=O)=O)cc2)cc1CSc1ccc(Cl)cc1. The van der Waals surface area contributed by atoms with Gasteiger partial charge in [-0.25, -0.2) is 13.6 Å². The number of primary sulfonamides is 1. The van der Waals surface area contributed by atoms with Crippen LogP contribution in [0.2, 0.25) is 5.02 Å². The molecule has 0 aromatic heterocycles. The first-order chi connectivity index (χ1) is 14.8. The maximum absolute atomic E-state index is 12.7. The van der Waals surface area contributed by atoms with E-state index in [1.54, 1.807) is 30.0 Å². The normalized spacial score (nSPS) is 11.2. The molecule has 0 saturated carbocycles. The van der Waals surface area contributed by atoms with Crippen LogP contribution in [0.5, 0.6) is 5.75 Å². The second kappa shape index (κ2) is 10.2. The van der Waals surface area contributed by atoms with Gasteiger partial charge >= 0.3 is 0 Å². The molecule has 0 aliphatic heterocycles. The summed E-state index contributed by atoms with van der Waals surface area (Å²) in [6.45, 7) is 2.42. The van der Waals surface area contributed by atoms with Crippen LogP contribution >= 0.6 is 23.4 Å². The molecule has 162 valence electrons. The third-order valence-electron chi connectivity index (χ3n) is 4.27. The second-order valence-electron chi connectivity index (χ2n) is 6.52. The number of anilines is 1. The van der Waals surface area contributed by atoms with Crippen LogP contribution < -0.4 is 15.2 Å². The minimum atomic E-state index is -3.78. The highest BCUT2D eigenvalue weighted by Gasteiger charge is 2.13. The standard InChI is InChI=1S/C22H21ClN2O4S2/c1-2-29-21-12-3-15(13-16(21)14-30-19-8-4-17(23)5-9-19)22(26)25-18-6-10-20(11-7-18)31(24,27)28/h3-13H,2,14H2,1H3,(H,25,26)(H2,24,27,28). The van der Waals surface area contributed by atoms with E-state index in [0.717, 1.165) is 16.2 Å². The van der Waals surface area contributed by atoms with Gasteiger partial charge < -0.3 is 10.1 Å². The monoisotopic (exact) mass is 476 g/mol. The van der Waals surface area contributed by atoms with E-state index < -0.39 is 10.0 Å². The maximum atomic E-state index is 12.7. The Labute approximate surface area is 190 Å². The summed E-state index contributed by atoms with van der Waals surface area (Å²) in [5, 5.41) is 8.53. The van der Waals surface area contributed by atoms with Gasteiger partial charge in [-0.1, -0.05) is 11.6 Å². The van der Waals surface area contributed by atoms with Crippen molar-refractivity contribution < 1.29 is 17.9 Å². The molecular formula is C22H21ClN2O4S2. The van der Waals surface area contributed by atoms with Gasteiger partial charge in [0.1, 0.15) is 5.75 Å². The van der Waals surface area contributed by atoms with Crippen molar-refractivity contribution in [2.75, 3.05) is 11.9 Å². The van der Waals surface area contributed by atoms with Crippen LogP contribution in [0.4, 0.5) is 5.69 Å². The highest BCUT2D eigenvalue weighted by molar-refractivity contribution is 7.98. The molecule has 0 heterocycles. The van der Waals surface area contributed by atoms with Gasteiger partial charge in [0, 0.05) is 32.5 Å². The van der Waals surface area contributed by atoms with E-state index >= 15 is 0 Å². The van der Waals surface area contributed by atoms with E-state index in [0.29, 0.717) is 28.6 Å². The summed E-state index contributed by atoms with van der Waals surface area (Å²) in [6.07, 6.45) is 0. The van der Waals surface area contributed by atoms with Crippen molar-refractivity contribution in [1.29, 1.82) is 0 Å². The lowest BCUT2D eigenvalue weighted by atomic mass is 10.1. The molecule has 0 aliphatic rings. The number of hydrogen-bond donors (Lipinski definition) is 2. The summed E-state index contributed by atoms with van der Waals surface area (Å²) in [4.78, 5) is 13.7. The lowest BCUT2D eigenvalue weighted by molar-refractivity contribution is 0.102. The van der Waals surface area contributed by atoms with E-state index in [9.17, 15) is 13.2 Å². The Morgan fingerprint density at radius 2 is 1.74 bits per heavy atom. The van der Waals surface area contributed by atoms with E-state index in [4.69, 9.17) is 21.5 Å². The third-order valence-corrected chi connectivity index (χ3v) is 6.51. The van der Waals surface area contributed by atoms with Gasteiger partial charge in [-0.3, -0.25) is 4.79 Å². The predicted molar refractivity (Wildman–Crippen MR) is 124 cm³/mol. The van der Waals surface area contributed by atoms with Crippen molar-refractivity contribution in [3.63, 3.8) is 0 Å². The van der Waals surface area contributed by atoms with Crippen LogP contribution in [0.3, 0.4) is 0 Å². The highest BCUT2D eigenvalue weighted by Crippen LogP contribution is 2.30. The van der Waals surface area contributed by atoms with Crippen molar-refractivity contribution in [2.45, 2.75) is 22.5 Å². The predicted octanol–water partition coefficient (Wildman–Crippen LogP) is 4.93. The zero-order chi connectivity index (χ0) is 22.4. The van der Waals surface area contributed by atoms with Crippen LogP contribution in [0.15, 0.2) is 76.5 Å². The summed E-state index contributed by atoms with van der Waals surface area (Å²) >= 11 is 7.55. The minimum Gasteiger partial charge on any atom is -0.494 e. The van der Waals surface area contributed by atoms with E-state index in [2.05, 4.69) is 5.32 Å². The Bertz CT molecular complexity index is 1170. The molecule has 3 rings (SSSR count). The van der Waals surface area contributed by atoms with Crippen LogP contribution in [0.25, 0.3) is 0 Å². The quantitative estimate of drug-likeness (QED) is 0.449. The Morgan fingerprint density at radius 1 is 1.06 bits per heavy atom. The van der Waals surface area contributed by atoms with E-state index in [1.807, 2.05) is 31.2 Å². The van der Waals surface area contributed by atoms with Gasteiger partial charge in [0.15, 0.2) is 0 Å². The van der Waals surface area contributed by atoms with Crippen LogP contribution in [0.1, 0.15) is 22.8 Å². The van der Waals surface area contributed by atoms with Gasteiger partial charge in [-0.05, 0) is 73.7 Å². The lowest BCUT2D eigenvalue weighted by Crippen LogP contribution is -2.14. The lowest BCUT2D eigenvalue weighted by Gasteiger charge is -2.13. The van der Waals surface area contributed by atoms with Crippen LogP contribution in [-0.2, 0) is 15.8 Å². The molecule has 0 radical (unpaired) electrons. The summed E-state index contributed by atoms with van der Waals surface area (Å²) in [7, 11) is -3.78. The number of carbonyl (C=O) groups is 1. The Balaban J connectivity index is 1.76. The van der Waals surface area contributed by atoms with Gasteiger partial charge in [0.25, 0.3) is 5.91 Å². The molecule has 0 bridgehead atoms. The van der Waals surface area contributed by atoms with Crippen molar-refractivity contribution in [3.05, 3.63) is 82.9 Å². The summed E-state index contributed by atoms with van der Waals surface area (Å²) in [5.41, 5.74) is 1.81. The Kier molecular flexibility index (Phi) is 7.61. The first-order valence-electron chi connectivity index (χ1n) is 9.34. The van der Waals surface area contributed by atoms with Crippen molar-refractivity contribution in [1.82, 2.24) is 0 Å². The summed E-state index contributed by atoms with van der Waals surface area (Å²) in [6, 6.07) is 18.5. The molecule has 0 aliphatic carbocycles. The Hall–Kier alpha value is -2.52. The van der Waals surface area contributed by atoms with Crippen molar-refractivity contribution in [3.8, 4) is 5.75 Å². The zero-order valence-electron chi connectivity index (χ0n) is 16.7. The third kappa shape index (κ3) is 6.48. The molecule has 31 heavy (non-hydrogen) atoms. The molecule has 0 atom stereocenters. The number of carbonyl (C=O) groups excluding carboxylic acids is 1. The number of nitrogens with two attached hydrogens (primary N) is 1. The number of thioether (sulfide) groups is 1. The van der Waals surface area contributed by atoms with E-state index in [1.165, 1.54) is 24.3 Å². The van der Waals surface area contributed by atoms with E-state index in [-0.39, 0.29) is 10.8 Å². The zero-order valence-corrected chi connectivity index (χ0v) is 19.1. The van der Waals surface area contributed by atoms with Gasteiger partial charge in [0.2, 0.25) is 10.0 Å². The molecule has 6 nitrogen and oxygen atoms in total. The average Bonchev–Trinajstić information content (AvgIpc) is 2.74. The fraction of sp³-hybridized carbons (Fsp3) is 0.136. The summed E-state index contributed by atoms with van der Waals surface area (Å²) < 4.78 is 28.4. The molecular weight excluding hydrogens is 456 g/mol. The topological polar surface area (TPSA) is 98.5 Å². The number of sulfonamides is 1. The molecule has 0 spiro atoms. The van der Waals surface area contributed by atoms with Gasteiger partial charge in [-0.2, -0.15) is 0 Å². The van der Waals surface area contributed by atoms with Crippen LogP contribution in [-0.4, -0.2) is 20.9 Å². The molecule has 3 aromatic carbocycles. The maximum Gasteiger partial charge on any atom is 0.255 e. The number of ether oxygens (including phenoxy) is 1. The average molecular weight is 477 g/mol. The molecule has 0 fully saturated rings. The minimum absolute atomic E-state index is 0.0203. The van der Waals surface area contributed by atoms with Gasteiger partial charge in [0.05, 0.1) is 11.5 Å². The number of amides is 1. The highest BCUT2D eigenvalue weighted by atomic mass is 35.5. The fourth-order valence-electron chi connectivity index (χ4n) is 2.75. The van der Waals surface area contributed by atoms with Crippen molar-refractivity contribution in [2.24, 2.45) is 5.14 Å². The van der Waals surface area contributed by atoms with Crippen molar-refractivity contribution >= 4 is 45.0 Å². The smallest absolute Gasteiger partial charge is 0.255 e. The van der Waals surface area contributed by atoms with Crippen LogP contribution in [0, 0.1) is 0 Å². The second-order valence-corrected chi connectivity index (χ2v) is 9.57. The fourth-order valence-corrected chi connectivity index (χ4v) is 4.27. The molecule has 0 saturated heterocycles. The molecule has 0 unspecified atom stereocenters. The molecule has 9 heteroatoms. The largest absolute Gasteiger partial charge is 0.494 e. The number of benzene rings is 3. The molecule has 3 aromatic rings.